The fourth-order valence-electron chi connectivity index (χ4n) is 6.72. The third-order valence-electron chi connectivity index (χ3n) is 8.75. The zero-order chi connectivity index (χ0) is 31.0. The van der Waals surface area contributed by atoms with Gasteiger partial charge in [-0.1, -0.05) is 30.7 Å². The Morgan fingerprint density at radius 1 is 1.21 bits per heavy atom. The second-order valence-corrected chi connectivity index (χ2v) is 12.4. The molecule has 0 saturated carbocycles. The van der Waals surface area contributed by atoms with Gasteiger partial charge in [-0.25, -0.2) is 0 Å². The van der Waals surface area contributed by atoms with Crippen molar-refractivity contribution in [2.45, 2.75) is 45.0 Å². The molecule has 10 nitrogen and oxygen atoms in total. The third-order valence-corrected chi connectivity index (χ3v) is 9.57. The van der Waals surface area contributed by atoms with Gasteiger partial charge in [0.05, 0.1) is 40.9 Å². The first-order valence-electron chi connectivity index (χ1n) is 14.3. The number of imide groups is 1. The molecule has 226 valence electrons. The molecule has 2 saturated heterocycles. The van der Waals surface area contributed by atoms with Gasteiger partial charge in [0.1, 0.15) is 0 Å². The van der Waals surface area contributed by atoms with E-state index in [4.69, 9.17) is 9.39 Å². The number of carbonyl (C=O) groups excluding carboxylic acids is 2. The SMILES string of the molecule is CC/C(=C\c1cc(I)c(O)c(OC)c1)CC[C@H]1OB(O)C[C@H]2C1=C(CO)C[C@H]1C(=O)N(c3cccc(B(O)O)c3)C(=O)[C@H]12. The van der Waals surface area contributed by atoms with Gasteiger partial charge in [0.2, 0.25) is 11.8 Å². The first-order chi connectivity index (χ1) is 20.6. The van der Waals surface area contributed by atoms with E-state index in [1.165, 1.54) is 19.2 Å². The quantitative estimate of drug-likeness (QED) is 0.115. The number of anilines is 1. The first kappa shape index (κ1) is 31.7. The summed E-state index contributed by atoms with van der Waals surface area (Å²) in [5.74, 6) is -2.25. The number of halogens is 1. The maximum absolute atomic E-state index is 13.8. The minimum absolute atomic E-state index is 0.0882. The van der Waals surface area contributed by atoms with Crippen molar-refractivity contribution in [3.8, 4) is 11.5 Å². The molecular formula is C30H34B2INO9. The van der Waals surface area contributed by atoms with Gasteiger partial charge in [-0.15, -0.1) is 0 Å². The predicted molar refractivity (Wildman–Crippen MR) is 170 cm³/mol. The van der Waals surface area contributed by atoms with E-state index in [0.29, 0.717) is 27.7 Å². The van der Waals surface area contributed by atoms with E-state index < -0.39 is 49.9 Å². The number of amides is 2. The van der Waals surface area contributed by atoms with Gasteiger partial charge in [-0.3, -0.25) is 14.5 Å². The van der Waals surface area contributed by atoms with Crippen LogP contribution in [0.5, 0.6) is 11.5 Å². The van der Waals surface area contributed by atoms with Crippen LogP contribution in [-0.4, -0.2) is 71.2 Å². The number of aromatic hydroxyl groups is 1. The number of aliphatic hydroxyl groups excluding tert-OH is 1. The summed E-state index contributed by atoms with van der Waals surface area (Å²) in [5, 5.41) is 50.6. The first-order valence-corrected chi connectivity index (χ1v) is 15.4. The van der Waals surface area contributed by atoms with Crippen LogP contribution in [0.2, 0.25) is 6.32 Å². The molecule has 0 bridgehead atoms. The lowest BCUT2D eigenvalue weighted by molar-refractivity contribution is -0.122. The number of rotatable bonds is 9. The number of benzene rings is 2. The molecular weight excluding hydrogens is 667 g/mol. The van der Waals surface area contributed by atoms with E-state index in [1.54, 1.807) is 18.2 Å². The van der Waals surface area contributed by atoms with Gasteiger partial charge in [0.25, 0.3) is 0 Å². The fourth-order valence-corrected chi connectivity index (χ4v) is 7.35. The summed E-state index contributed by atoms with van der Waals surface area (Å²) in [4.78, 5) is 28.5. The number of carbonyl (C=O) groups is 2. The largest absolute Gasteiger partial charge is 0.504 e. The zero-order valence-corrected chi connectivity index (χ0v) is 26.1. The molecule has 2 fully saturated rings. The zero-order valence-electron chi connectivity index (χ0n) is 23.9. The Morgan fingerprint density at radius 2 is 1.98 bits per heavy atom. The number of allylic oxidation sites excluding steroid dienone is 1. The van der Waals surface area contributed by atoms with Crippen LogP contribution in [-0.2, 0) is 14.2 Å². The smallest absolute Gasteiger partial charge is 0.488 e. The van der Waals surface area contributed by atoms with E-state index >= 15 is 0 Å². The van der Waals surface area contributed by atoms with Gasteiger partial charge in [-0.2, -0.15) is 0 Å². The van der Waals surface area contributed by atoms with Gasteiger partial charge in [-0.05, 0) is 107 Å². The predicted octanol–water partition coefficient (Wildman–Crippen LogP) is 2.25. The lowest BCUT2D eigenvalue weighted by Crippen LogP contribution is -2.46. The summed E-state index contributed by atoms with van der Waals surface area (Å²) in [6.45, 7) is 1.75. The Kier molecular flexibility index (Phi) is 9.69. The van der Waals surface area contributed by atoms with Gasteiger partial charge in [0, 0.05) is 0 Å². The summed E-state index contributed by atoms with van der Waals surface area (Å²) in [7, 11) is -1.39. The number of phenolic OH excluding ortho intramolecular Hbond substituents is 1. The monoisotopic (exact) mass is 701 g/mol. The molecule has 2 heterocycles. The molecule has 4 atom stereocenters. The fraction of sp³-hybridized carbons (Fsp3) is 0.400. The van der Waals surface area contributed by atoms with Crippen LogP contribution in [0.3, 0.4) is 0 Å². The minimum atomic E-state index is -1.75. The number of fused-ring (bicyclic) bond motifs is 3. The van der Waals surface area contributed by atoms with Crippen molar-refractivity contribution >= 4 is 65.9 Å². The van der Waals surface area contributed by atoms with E-state index in [2.05, 4.69) is 22.6 Å². The molecule has 1 aliphatic carbocycles. The van der Waals surface area contributed by atoms with Crippen molar-refractivity contribution in [1.29, 1.82) is 0 Å². The van der Waals surface area contributed by atoms with E-state index in [-0.39, 0.29) is 36.2 Å². The Bertz CT molecular complexity index is 1480. The van der Waals surface area contributed by atoms with E-state index in [9.17, 15) is 34.9 Å². The molecule has 2 amide bonds. The molecule has 2 aliphatic heterocycles. The normalized spacial score (nSPS) is 23.9. The number of methoxy groups -OCH3 is 1. The van der Waals surface area contributed by atoms with Crippen LogP contribution in [0.25, 0.3) is 6.08 Å². The molecule has 43 heavy (non-hydrogen) atoms. The maximum Gasteiger partial charge on any atom is 0.488 e. The number of hydrogen-bond donors (Lipinski definition) is 5. The average Bonchev–Trinajstić information content (AvgIpc) is 3.25. The summed E-state index contributed by atoms with van der Waals surface area (Å²) in [6.07, 6.45) is 3.68. The maximum atomic E-state index is 13.8. The molecule has 2 aromatic rings. The highest BCUT2D eigenvalue weighted by Crippen LogP contribution is 2.51. The lowest BCUT2D eigenvalue weighted by Gasteiger charge is -2.43. The molecule has 0 aromatic heterocycles. The molecule has 0 spiro atoms. The standard InChI is InChI=1S/C30H34B2INO9/c1-3-16(9-17-10-23(33)28(36)25(11-17)42-2)7-8-24-26-18(15-35)12-21-27(22(26)14-31(39)43-24)30(38)34(29(21)37)20-6-4-5-19(13-20)32(40)41/h4-6,9-11,13,21-22,24,27,35-36,39-41H,3,7-8,12,14-15H2,1-2H3/b16-9+/t21-,22+,24-,27-/m1/s1. The number of aliphatic hydroxyl groups is 1. The number of nitrogens with zero attached hydrogens (tertiary/aromatic N) is 1. The summed E-state index contributed by atoms with van der Waals surface area (Å²) in [5.41, 5.74) is 3.84. The number of ether oxygens (including phenoxy) is 1. The van der Waals surface area contributed by atoms with Crippen molar-refractivity contribution in [3.63, 3.8) is 0 Å². The molecule has 13 heteroatoms. The van der Waals surface area contributed by atoms with Crippen LogP contribution in [0.15, 0.2) is 53.1 Å². The van der Waals surface area contributed by atoms with Gasteiger partial charge >= 0.3 is 14.2 Å². The lowest BCUT2D eigenvalue weighted by atomic mass is 9.58. The van der Waals surface area contributed by atoms with Crippen LogP contribution < -0.4 is 15.1 Å². The molecule has 5 rings (SSSR count). The second kappa shape index (κ2) is 13.1. The third kappa shape index (κ3) is 6.16. The topological polar surface area (TPSA) is 157 Å². The van der Waals surface area contributed by atoms with E-state index in [0.717, 1.165) is 28.0 Å². The average molecular weight is 701 g/mol. The number of hydrogen-bond acceptors (Lipinski definition) is 9. The van der Waals surface area contributed by atoms with Crippen LogP contribution in [0.1, 0.15) is 38.2 Å². The highest BCUT2D eigenvalue weighted by Gasteiger charge is 2.57. The highest BCUT2D eigenvalue weighted by atomic mass is 127. The Labute approximate surface area is 264 Å². The van der Waals surface area contributed by atoms with Gasteiger partial charge in [0.15, 0.2) is 11.5 Å². The van der Waals surface area contributed by atoms with Crippen molar-refractivity contribution < 1.29 is 44.3 Å². The van der Waals surface area contributed by atoms with E-state index in [1.807, 2.05) is 19.1 Å². The van der Waals surface area contributed by atoms with Crippen LogP contribution in [0.4, 0.5) is 5.69 Å². The minimum Gasteiger partial charge on any atom is -0.504 e. The number of phenols is 1. The Balaban J connectivity index is 1.42. The summed E-state index contributed by atoms with van der Waals surface area (Å²) in [6, 6.07) is 9.66. The van der Waals surface area contributed by atoms with Crippen molar-refractivity contribution in [3.05, 3.63) is 62.3 Å². The van der Waals surface area contributed by atoms with Crippen molar-refractivity contribution in [2.24, 2.45) is 17.8 Å². The van der Waals surface area contributed by atoms with Crippen molar-refractivity contribution in [1.82, 2.24) is 0 Å². The van der Waals surface area contributed by atoms with Crippen molar-refractivity contribution in [2.75, 3.05) is 18.6 Å². The molecule has 2 aromatic carbocycles. The molecule has 0 unspecified atom stereocenters. The Hall–Kier alpha value is -2.68. The second-order valence-electron chi connectivity index (χ2n) is 11.2. The Morgan fingerprint density at radius 3 is 2.65 bits per heavy atom. The van der Waals surface area contributed by atoms with Crippen LogP contribution >= 0.6 is 22.6 Å². The molecule has 3 aliphatic rings. The highest BCUT2D eigenvalue weighted by molar-refractivity contribution is 14.1. The molecule has 0 radical (unpaired) electrons. The molecule has 5 N–H and O–H groups in total. The summed E-state index contributed by atoms with van der Waals surface area (Å²) >= 11 is 2.05. The van der Waals surface area contributed by atoms with Crippen LogP contribution in [0, 0.1) is 21.3 Å². The summed E-state index contributed by atoms with van der Waals surface area (Å²) < 4.78 is 12.0. The van der Waals surface area contributed by atoms with Gasteiger partial charge < -0.3 is 34.7 Å².